The van der Waals surface area contributed by atoms with Crippen molar-refractivity contribution in [2.75, 3.05) is 11.4 Å². The number of benzene rings is 2. The second kappa shape index (κ2) is 8.38. The Labute approximate surface area is 180 Å². The second-order valence-corrected chi connectivity index (χ2v) is 7.97. The zero-order chi connectivity index (χ0) is 22.1. The molecule has 4 rings (SSSR count). The van der Waals surface area contributed by atoms with Gasteiger partial charge in [0.1, 0.15) is 12.2 Å². The number of ether oxygens (including phenoxy) is 1. The van der Waals surface area contributed by atoms with Gasteiger partial charge in [0.15, 0.2) is 0 Å². The van der Waals surface area contributed by atoms with E-state index in [-0.39, 0.29) is 18.9 Å². The maximum absolute atomic E-state index is 12.7. The molecule has 2 aromatic carbocycles. The minimum atomic E-state index is -0.534. The van der Waals surface area contributed by atoms with Crippen LogP contribution in [0.15, 0.2) is 51.7 Å². The summed E-state index contributed by atoms with van der Waals surface area (Å²) in [6.45, 7) is 6.13. The molecule has 1 amide bonds. The molecule has 1 fully saturated rings. The predicted octanol–water partition coefficient (Wildman–Crippen LogP) is 4.07. The molecule has 6 nitrogen and oxygen atoms in total. The van der Waals surface area contributed by atoms with E-state index >= 15 is 0 Å². The monoisotopic (exact) mass is 419 g/mol. The first-order valence-corrected chi connectivity index (χ1v) is 10.5. The lowest BCUT2D eigenvalue weighted by atomic mass is 10.0. The third kappa shape index (κ3) is 3.98. The molecule has 3 aromatic rings. The van der Waals surface area contributed by atoms with Crippen LogP contribution in [0.1, 0.15) is 35.6 Å². The minimum absolute atomic E-state index is 0.0420. The van der Waals surface area contributed by atoms with E-state index in [1.807, 2.05) is 57.2 Å². The summed E-state index contributed by atoms with van der Waals surface area (Å²) in [5.41, 5.74) is 4.44. The highest BCUT2D eigenvalue weighted by Gasteiger charge is 2.36. The Morgan fingerprint density at radius 3 is 2.68 bits per heavy atom. The second-order valence-electron chi connectivity index (χ2n) is 7.97. The number of nitrogens with zero attached hydrogens (tertiary/aromatic N) is 1. The number of carbonyl (C=O) groups excluding carboxylic acids is 2. The average Bonchev–Trinajstić information content (AvgIpc) is 3.16. The lowest BCUT2D eigenvalue weighted by molar-refractivity contribution is -0.149. The van der Waals surface area contributed by atoms with Gasteiger partial charge in [-0.1, -0.05) is 37.3 Å². The van der Waals surface area contributed by atoms with Crippen LogP contribution in [0.25, 0.3) is 11.0 Å². The van der Waals surface area contributed by atoms with Crippen LogP contribution in [0.3, 0.4) is 0 Å². The van der Waals surface area contributed by atoms with Crippen molar-refractivity contribution in [2.24, 2.45) is 5.92 Å². The lowest BCUT2D eigenvalue weighted by Gasteiger charge is -2.19. The number of carbonyl (C=O) groups is 2. The summed E-state index contributed by atoms with van der Waals surface area (Å²) >= 11 is 0. The molecule has 0 spiro atoms. The van der Waals surface area contributed by atoms with Crippen molar-refractivity contribution in [1.82, 2.24) is 0 Å². The van der Waals surface area contributed by atoms with Gasteiger partial charge in [-0.3, -0.25) is 9.59 Å². The number of aryl methyl sites for hydroxylation is 3. The molecular weight excluding hydrogens is 394 g/mol. The van der Waals surface area contributed by atoms with Crippen molar-refractivity contribution >= 4 is 28.5 Å². The van der Waals surface area contributed by atoms with Gasteiger partial charge in [0.25, 0.3) is 0 Å². The van der Waals surface area contributed by atoms with Crippen LogP contribution in [0, 0.1) is 19.8 Å². The van der Waals surface area contributed by atoms with Crippen LogP contribution < -0.4 is 10.5 Å². The Morgan fingerprint density at radius 2 is 1.90 bits per heavy atom. The zero-order valence-electron chi connectivity index (χ0n) is 17.9. The lowest BCUT2D eigenvalue weighted by Crippen LogP contribution is -2.27. The molecule has 0 aliphatic carbocycles. The van der Waals surface area contributed by atoms with Crippen LogP contribution in [0.4, 0.5) is 5.69 Å². The highest BCUT2D eigenvalue weighted by molar-refractivity contribution is 6.00. The normalized spacial score (nSPS) is 16.2. The Hall–Kier alpha value is -3.41. The van der Waals surface area contributed by atoms with Crippen molar-refractivity contribution in [2.45, 2.75) is 40.2 Å². The average molecular weight is 419 g/mol. The van der Waals surface area contributed by atoms with Gasteiger partial charge in [-0.25, -0.2) is 4.79 Å². The first-order valence-electron chi connectivity index (χ1n) is 10.5. The van der Waals surface area contributed by atoms with Gasteiger partial charge < -0.3 is 14.1 Å². The third-order valence-electron chi connectivity index (χ3n) is 6.01. The Kier molecular flexibility index (Phi) is 5.63. The van der Waals surface area contributed by atoms with E-state index < -0.39 is 17.5 Å². The SMILES string of the molecule is CCc1ccccc1N1C[C@@H](C(=O)OCc2cc(=O)oc3c(C)c(C)ccc23)CC1=O. The largest absolute Gasteiger partial charge is 0.461 e. The fourth-order valence-corrected chi connectivity index (χ4v) is 4.08. The molecule has 31 heavy (non-hydrogen) atoms. The molecule has 1 aliphatic heterocycles. The van der Waals surface area contributed by atoms with Gasteiger partial charge in [-0.2, -0.15) is 0 Å². The molecule has 1 aliphatic rings. The number of rotatable bonds is 5. The van der Waals surface area contributed by atoms with Crippen molar-refractivity contribution in [3.05, 3.63) is 75.1 Å². The fourth-order valence-electron chi connectivity index (χ4n) is 4.08. The molecule has 1 atom stereocenters. The summed E-state index contributed by atoms with van der Waals surface area (Å²) in [7, 11) is 0. The Bertz CT molecular complexity index is 1230. The smallest absolute Gasteiger partial charge is 0.336 e. The van der Waals surface area contributed by atoms with Gasteiger partial charge in [0.05, 0.1) is 5.92 Å². The highest BCUT2D eigenvalue weighted by atomic mass is 16.5. The summed E-state index contributed by atoms with van der Waals surface area (Å²) in [6, 6.07) is 12.9. The third-order valence-corrected chi connectivity index (χ3v) is 6.01. The molecule has 0 N–H and O–H groups in total. The van der Waals surface area contributed by atoms with Gasteiger partial charge in [-0.05, 0) is 43.0 Å². The highest BCUT2D eigenvalue weighted by Crippen LogP contribution is 2.30. The van der Waals surface area contributed by atoms with E-state index in [9.17, 15) is 14.4 Å². The first kappa shape index (κ1) is 20.8. The van der Waals surface area contributed by atoms with E-state index in [1.165, 1.54) is 6.07 Å². The number of hydrogen-bond acceptors (Lipinski definition) is 5. The van der Waals surface area contributed by atoms with Crippen molar-refractivity contribution in [3.8, 4) is 0 Å². The number of esters is 1. The van der Waals surface area contributed by atoms with E-state index in [0.717, 1.165) is 34.2 Å². The first-order chi connectivity index (χ1) is 14.9. The Balaban J connectivity index is 1.51. The van der Waals surface area contributed by atoms with E-state index in [0.29, 0.717) is 17.7 Å². The number of hydrogen-bond donors (Lipinski definition) is 0. The van der Waals surface area contributed by atoms with Crippen LogP contribution >= 0.6 is 0 Å². The zero-order valence-corrected chi connectivity index (χ0v) is 17.9. The summed E-state index contributed by atoms with van der Waals surface area (Å²) in [6.07, 6.45) is 0.921. The molecule has 6 heteroatoms. The quantitative estimate of drug-likeness (QED) is 0.460. The fraction of sp³-hybridized carbons (Fsp3) is 0.320. The molecule has 0 saturated carbocycles. The van der Waals surface area contributed by atoms with Crippen LogP contribution in [0.5, 0.6) is 0 Å². The molecule has 0 bridgehead atoms. The number of anilines is 1. The number of para-hydroxylation sites is 1. The Morgan fingerprint density at radius 1 is 1.13 bits per heavy atom. The van der Waals surface area contributed by atoms with E-state index in [1.54, 1.807) is 4.90 Å². The van der Waals surface area contributed by atoms with E-state index in [4.69, 9.17) is 9.15 Å². The maximum Gasteiger partial charge on any atom is 0.336 e. The molecule has 2 heterocycles. The summed E-state index contributed by atoms with van der Waals surface area (Å²) in [5.74, 6) is -1.05. The van der Waals surface area contributed by atoms with Gasteiger partial charge in [-0.15, -0.1) is 0 Å². The molecule has 0 radical (unpaired) electrons. The topological polar surface area (TPSA) is 76.8 Å². The molecular formula is C25H25NO5. The van der Waals surface area contributed by atoms with Crippen LogP contribution in [0.2, 0.25) is 0 Å². The van der Waals surface area contributed by atoms with Gasteiger partial charge in [0.2, 0.25) is 5.91 Å². The molecule has 0 unspecified atom stereocenters. The summed E-state index contributed by atoms with van der Waals surface area (Å²) in [4.78, 5) is 39.0. The molecule has 1 aromatic heterocycles. The standard InChI is InChI=1S/C25H25NO5/c1-4-17-7-5-6-8-21(17)26-13-18(11-22(26)27)25(29)30-14-19-12-23(28)31-24-16(3)15(2)9-10-20(19)24/h5-10,12,18H,4,11,13-14H2,1-3H3/t18-/m0/s1. The van der Waals surface area contributed by atoms with Gasteiger partial charge >= 0.3 is 11.6 Å². The van der Waals surface area contributed by atoms with Crippen LogP contribution in [-0.2, 0) is 27.4 Å². The number of fused-ring (bicyclic) bond motifs is 1. The summed E-state index contributed by atoms with van der Waals surface area (Å²) in [5, 5.41) is 0.747. The number of amides is 1. The van der Waals surface area contributed by atoms with E-state index in [2.05, 4.69) is 0 Å². The molecule has 160 valence electrons. The summed E-state index contributed by atoms with van der Waals surface area (Å²) < 4.78 is 10.9. The van der Waals surface area contributed by atoms with Crippen molar-refractivity contribution in [1.29, 1.82) is 0 Å². The van der Waals surface area contributed by atoms with Gasteiger partial charge in [0, 0.05) is 35.7 Å². The van der Waals surface area contributed by atoms with Crippen LogP contribution in [-0.4, -0.2) is 18.4 Å². The van der Waals surface area contributed by atoms with Crippen molar-refractivity contribution < 1.29 is 18.7 Å². The maximum atomic E-state index is 12.7. The minimum Gasteiger partial charge on any atom is -0.461 e. The predicted molar refractivity (Wildman–Crippen MR) is 118 cm³/mol. The molecule has 1 saturated heterocycles. The van der Waals surface area contributed by atoms with Crippen molar-refractivity contribution in [3.63, 3.8) is 0 Å².